The molecule has 0 saturated carbocycles. The summed E-state index contributed by atoms with van der Waals surface area (Å²) in [6.45, 7) is 6.62. The highest BCUT2D eigenvalue weighted by Crippen LogP contribution is 1.90. The summed E-state index contributed by atoms with van der Waals surface area (Å²) in [5.74, 6) is -3.65. The van der Waals surface area contributed by atoms with Gasteiger partial charge >= 0.3 is 11.9 Å². The number of hydrogen-bond acceptors (Lipinski definition) is 4. The monoisotopic (exact) mass is 204 g/mol. The summed E-state index contributed by atoms with van der Waals surface area (Å²) in [5.41, 5.74) is 0. The average Bonchev–Trinajstić information content (AvgIpc) is 2.04. The lowest BCUT2D eigenvalue weighted by Crippen LogP contribution is -2.52. The molecule has 0 aliphatic carbocycles. The molecule has 4 N–H and O–H groups in total. The second-order valence-electron chi connectivity index (χ2n) is 3.24. The lowest BCUT2D eigenvalue weighted by Gasteiger charge is -2.26. The van der Waals surface area contributed by atoms with E-state index in [1.165, 1.54) is 0 Å². The van der Waals surface area contributed by atoms with Crippen LogP contribution in [0, 0.1) is 0 Å². The molecule has 0 aromatic rings. The molecule has 82 valence electrons. The third-order valence-corrected chi connectivity index (χ3v) is 1.65. The van der Waals surface area contributed by atoms with E-state index in [4.69, 9.17) is 19.8 Å². The number of hydrogen-bond donors (Lipinski definition) is 4. The topological polar surface area (TPSA) is 98.7 Å². The third kappa shape index (κ3) is 6.38. The summed E-state index contributed by atoms with van der Waals surface area (Å²) >= 11 is 0. The second kappa shape index (κ2) is 6.33. The Balaban J connectivity index is 0.000000255. The van der Waals surface area contributed by atoms with Crippen molar-refractivity contribution in [1.29, 1.82) is 0 Å². The summed E-state index contributed by atoms with van der Waals surface area (Å²) in [5, 5.41) is 21.5. The molecular weight excluding hydrogens is 188 g/mol. The highest BCUT2D eigenvalue weighted by Gasteiger charge is 2.11. The molecule has 1 rings (SSSR count). The first-order valence-electron chi connectivity index (χ1n) is 4.36. The molecule has 6 nitrogen and oxygen atoms in total. The number of nitrogens with one attached hydrogen (secondary N) is 2. The van der Waals surface area contributed by atoms with E-state index in [0.29, 0.717) is 12.1 Å². The van der Waals surface area contributed by atoms with Crippen molar-refractivity contribution < 1.29 is 19.8 Å². The number of carboxylic acid groups (broad SMARTS) is 2. The van der Waals surface area contributed by atoms with E-state index in [9.17, 15) is 0 Å². The molecule has 0 aromatic carbocycles. The Labute approximate surface area is 82.3 Å². The van der Waals surface area contributed by atoms with Crippen LogP contribution < -0.4 is 10.6 Å². The average molecular weight is 204 g/mol. The van der Waals surface area contributed by atoms with Crippen molar-refractivity contribution in [1.82, 2.24) is 10.6 Å². The zero-order valence-electron chi connectivity index (χ0n) is 8.28. The van der Waals surface area contributed by atoms with Gasteiger partial charge in [-0.1, -0.05) is 0 Å². The molecule has 14 heavy (non-hydrogen) atoms. The van der Waals surface area contributed by atoms with Crippen LogP contribution in [-0.2, 0) is 9.59 Å². The molecule has 0 aromatic heterocycles. The molecule has 1 fully saturated rings. The Hall–Kier alpha value is -1.14. The van der Waals surface area contributed by atoms with E-state index in [-0.39, 0.29) is 0 Å². The number of carbonyl (C=O) groups is 2. The third-order valence-electron chi connectivity index (χ3n) is 1.65. The highest BCUT2D eigenvalue weighted by molar-refractivity contribution is 6.27. The Morgan fingerprint density at radius 2 is 1.43 bits per heavy atom. The van der Waals surface area contributed by atoms with Gasteiger partial charge in [0, 0.05) is 25.2 Å². The Morgan fingerprint density at radius 1 is 1.07 bits per heavy atom. The lowest BCUT2D eigenvalue weighted by molar-refractivity contribution is -0.159. The van der Waals surface area contributed by atoms with Gasteiger partial charge in [-0.2, -0.15) is 0 Å². The molecule has 2 atom stereocenters. The molecule has 1 heterocycles. The first-order valence-corrected chi connectivity index (χ1v) is 4.36. The number of aliphatic carboxylic acids is 2. The molecule has 0 radical (unpaired) electrons. The van der Waals surface area contributed by atoms with E-state index < -0.39 is 11.9 Å². The predicted octanol–water partition coefficient (Wildman–Crippen LogP) is -0.888. The lowest BCUT2D eigenvalue weighted by atomic mass is 10.2. The molecule has 6 heteroatoms. The first kappa shape index (κ1) is 12.9. The Morgan fingerprint density at radius 3 is 1.57 bits per heavy atom. The van der Waals surface area contributed by atoms with Gasteiger partial charge in [0.15, 0.2) is 0 Å². The van der Waals surface area contributed by atoms with E-state index in [0.717, 1.165) is 13.1 Å². The first-order chi connectivity index (χ1) is 6.43. The summed E-state index contributed by atoms with van der Waals surface area (Å²) < 4.78 is 0. The van der Waals surface area contributed by atoms with Crippen molar-refractivity contribution in [2.45, 2.75) is 25.9 Å². The van der Waals surface area contributed by atoms with Crippen LogP contribution in [-0.4, -0.2) is 47.3 Å². The molecule has 0 unspecified atom stereocenters. The number of piperazine rings is 1. The van der Waals surface area contributed by atoms with Crippen LogP contribution >= 0.6 is 0 Å². The fraction of sp³-hybridized carbons (Fsp3) is 0.750. The fourth-order valence-electron chi connectivity index (χ4n) is 1.12. The normalized spacial score (nSPS) is 25.9. The largest absolute Gasteiger partial charge is 0.473 e. The van der Waals surface area contributed by atoms with Gasteiger partial charge in [-0.25, -0.2) is 9.59 Å². The van der Waals surface area contributed by atoms with Gasteiger partial charge in [0.05, 0.1) is 0 Å². The zero-order chi connectivity index (χ0) is 11.1. The van der Waals surface area contributed by atoms with Crippen molar-refractivity contribution in [3.63, 3.8) is 0 Å². The minimum absolute atomic E-state index is 0.652. The molecule has 0 spiro atoms. The fourth-order valence-corrected chi connectivity index (χ4v) is 1.12. The van der Waals surface area contributed by atoms with E-state index in [2.05, 4.69) is 24.5 Å². The van der Waals surface area contributed by atoms with Crippen molar-refractivity contribution in [3.8, 4) is 0 Å². The summed E-state index contributed by atoms with van der Waals surface area (Å²) in [6, 6.07) is 1.30. The minimum atomic E-state index is -1.82. The summed E-state index contributed by atoms with van der Waals surface area (Å²) in [7, 11) is 0. The van der Waals surface area contributed by atoms with Crippen LogP contribution in [0.5, 0.6) is 0 Å². The van der Waals surface area contributed by atoms with Crippen LogP contribution in [0.1, 0.15) is 13.8 Å². The van der Waals surface area contributed by atoms with E-state index >= 15 is 0 Å². The molecule has 1 aliphatic rings. The van der Waals surface area contributed by atoms with Gasteiger partial charge in [0.25, 0.3) is 0 Å². The summed E-state index contributed by atoms with van der Waals surface area (Å²) in [6.07, 6.45) is 0. The van der Waals surface area contributed by atoms with Crippen molar-refractivity contribution >= 4 is 11.9 Å². The van der Waals surface area contributed by atoms with Gasteiger partial charge in [-0.15, -0.1) is 0 Å². The molecule has 1 saturated heterocycles. The second-order valence-corrected chi connectivity index (χ2v) is 3.24. The SMILES string of the molecule is C[C@H]1CNC[C@H](C)N1.O=C(O)C(=O)O. The van der Waals surface area contributed by atoms with Crippen LogP contribution in [0.25, 0.3) is 0 Å². The van der Waals surface area contributed by atoms with Gasteiger partial charge < -0.3 is 20.8 Å². The van der Waals surface area contributed by atoms with Gasteiger partial charge in [0.2, 0.25) is 0 Å². The quantitative estimate of drug-likeness (QED) is 0.382. The molecular formula is C8H16N2O4. The van der Waals surface area contributed by atoms with Crippen molar-refractivity contribution in [2.24, 2.45) is 0 Å². The van der Waals surface area contributed by atoms with E-state index in [1.54, 1.807) is 0 Å². The van der Waals surface area contributed by atoms with Gasteiger partial charge in [-0.3, -0.25) is 0 Å². The van der Waals surface area contributed by atoms with Crippen molar-refractivity contribution in [3.05, 3.63) is 0 Å². The minimum Gasteiger partial charge on any atom is -0.473 e. The standard InChI is InChI=1S/C6H14N2.C2H2O4/c1-5-3-7-4-6(2)8-5;3-1(4)2(5)6/h5-8H,3-4H2,1-2H3;(H,3,4)(H,5,6)/t5-,6-;/m0./s1. The zero-order valence-corrected chi connectivity index (χ0v) is 8.28. The van der Waals surface area contributed by atoms with Crippen LogP contribution in [0.4, 0.5) is 0 Å². The van der Waals surface area contributed by atoms with E-state index in [1.807, 2.05) is 0 Å². The maximum Gasteiger partial charge on any atom is 0.414 e. The van der Waals surface area contributed by atoms with Crippen LogP contribution in [0.2, 0.25) is 0 Å². The number of carboxylic acids is 2. The number of rotatable bonds is 0. The van der Waals surface area contributed by atoms with Crippen LogP contribution in [0.15, 0.2) is 0 Å². The molecule has 1 aliphatic heterocycles. The Kier molecular flexibility index (Phi) is 5.82. The predicted molar refractivity (Wildman–Crippen MR) is 50.2 cm³/mol. The maximum absolute atomic E-state index is 9.10. The van der Waals surface area contributed by atoms with Gasteiger partial charge in [-0.05, 0) is 13.8 Å². The maximum atomic E-state index is 9.10. The smallest absolute Gasteiger partial charge is 0.414 e. The van der Waals surface area contributed by atoms with Crippen LogP contribution in [0.3, 0.4) is 0 Å². The molecule has 0 amide bonds. The van der Waals surface area contributed by atoms with Gasteiger partial charge in [0.1, 0.15) is 0 Å². The highest BCUT2D eigenvalue weighted by atomic mass is 16.4. The Bertz CT molecular complexity index is 188. The van der Waals surface area contributed by atoms with Crippen molar-refractivity contribution in [2.75, 3.05) is 13.1 Å². The summed E-state index contributed by atoms with van der Waals surface area (Å²) in [4.78, 5) is 18.2. The molecule has 0 bridgehead atoms.